The van der Waals surface area contributed by atoms with Crippen LogP contribution in [0.1, 0.15) is 40.2 Å². The normalized spacial score (nSPS) is 17.8. The van der Waals surface area contributed by atoms with Crippen LogP contribution in [-0.2, 0) is 15.2 Å². The molecule has 1 N–H and O–H groups in total. The van der Waals surface area contributed by atoms with Gasteiger partial charge in [0.1, 0.15) is 0 Å². The Morgan fingerprint density at radius 3 is 2.12 bits per heavy atom. The molecule has 0 radical (unpaired) electrons. The van der Waals surface area contributed by atoms with Gasteiger partial charge in [0, 0.05) is 23.2 Å². The lowest BCUT2D eigenvalue weighted by Crippen LogP contribution is -2.43. The first-order valence-corrected chi connectivity index (χ1v) is 13.3. The van der Waals surface area contributed by atoms with Crippen molar-refractivity contribution in [2.75, 3.05) is 12.4 Å². The summed E-state index contributed by atoms with van der Waals surface area (Å²) >= 11 is 0. The molecule has 144 valence electrons. The molecule has 0 bridgehead atoms. The molecule has 0 aliphatic rings. The summed E-state index contributed by atoms with van der Waals surface area (Å²) in [6.45, 7) is 17.7. The fourth-order valence-corrected chi connectivity index (χ4v) is 4.76. The van der Waals surface area contributed by atoms with E-state index in [0.717, 1.165) is 10.5 Å². The number of aliphatic hydroxyl groups is 1. The van der Waals surface area contributed by atoms with E-state index in [0.29, 0.717) is 12.4 Å². The summed E-state index contributed by atoms with van der Waals surface area (Å²) in [4.78, 5) is 0.829. The Morgan fingerprint density at radius 2 is 1.64 bits per heavy atom. The van der Waals surface area contributed by atoms with Gasteiger partial charge in [-0.15, -0.1) is 0 Å². The lowest BCUT2D eigenvalue weighted by molar-refractivity contribution is 0.0465. The highest BCUT2D eigenvalue weighted by atomic mass is 32.2. The second-order valence-corrected chi connectivity index (χ2v) is 15.1. The van der Waals surface area contributed by atoms with Crippen molar-refractivity contribution < 1.29 is 13.7 Å². The Bertz CT molecular complexity index is 563. The lowest BCUT2D eigenvalue weighted by atomic mass is 9.96. The summed E-state index contributed by atoms with van der Waals surface area (Å²) in [7, 11) is -2.90. The SMILES string of the molecule is Cc1ccc(S(=O)C[C@H](C)[C@H](O)[C@@H](C)CO[Si](C)(C)C(C)(C)C)cc1. The maximum absolute atomic E-state index is 12.5. The van der Waals surface area contributed by atoms with Gasteiger partial charge in [-0.25, -0.2) is 0 Å². The molecule has 1 aromatic carbocycles. The lowest BCUT2D eigenvalue weighted by Gasteiger charge is -2.37. The highest BCUT2D eigenvalue weighted by molar-refractivity contribution is 7.85. The minimum atomic E-state index is -1.81. The third-order valence-corrected chi connectivity index (χ3v) is 11.5. The van der Waals surface area contributed by atoms with E-state index in [4.69, 9.17) is 4.43 Å². The van der Waals surface area contributed by atoms with Crippen LogP contribution in [0.4, 0.5) is 0 Å². The van der Waals surface area contributed by atoms with Gasteiger partial charge in [-0.2, -0.15) is 0 Å². The first kappa shape index (κ1) is 22.5. The van der Waals surface area contributed by atoms with Gasteiger partial charge in [-0.3, -0.25) is 4.21 Å². The van der Waals surface area contributed by atoms with Crippen LogP contribution >= 0.6 is 0 Å². The highest BCUT2D eigenvalue weighted by Gasteiger charge is 2.38. The predicted octanol–water partition coefficient (Wildman–Crippen LogP) is 4.76. The Labute approximate surface area is 157 Å². The van der Waals surface area contributed by atoms with Crippen LogP contribution in [0.3, 0.4) is 0 Å². The topological polar surface area (TPSA) is 46.5 Å². The summed E-state index contributed by atoms with van der Waals surface area (Å²) in [5, 5.41) is 10.8. The number of aryl methyl sites for hydroxylation is 1. The van der Waals surface area contributed by atoms with Gasteiger partial charge in [-0.1, -0.05) is 52.3 Å². The first-order chi connectivity index (χ1) is 11.3. The van der Waals surface area contributed by atoms with Gasteiger partial charge in [0.2, 0.25) is 0 Å². The Balaban J connectivity index is 2.58. The number of hydrogen-bond donors (Lipinski definition) is 1. The molecule has 0 aliphatic carbocycles. The van der Waals surface area contributed by atoms with Crippen molar-refractivity contribution in [1.29, 1.82) is 0 Å². The van der Waals surface area contributed by atoms with Crippen LogP contribution in [-0.4, -0.2) is 36.1 Å². The molecule has 4 atom stereocenters. The summed E-state index contributed by atoms with van der Waals surface area (Å²) < 4.78 is 18.8. The summed E-state index contributed by atoms with van der Waals surface area (Å²) in [6.07, 6.45) is -0.515. The Morgan fingerprint density at radius 1 is 1.12 bits per heavy atom. The largest absolute Gasteiger partial charge is 0.416 e. The smallest absolute Gasteiger partial charge is 0.191 e. The van der Waals surface area contributed by atoms with Gasteiger partial charge in [-0.05, 0) is 43.1 Å². The van der Waals surface area contributed by atoms with E-state index in [1.807, 2.05) is 45.0 Å². The predicted molar refractivity (Wildman–Crippen MR) is 110 cm³/mol. The van der Waals surface area contributed by atoms with E-state index >= 15 is 0 Å². The second kappa shape index (κ2) is 8.93. The fraction of sp³-hybridized carbons (Fsp3) is 0.700. The molecular formula is C20H36O3SSi. The van der Waals surface area contributed by atoms with Crippen LogP contribution in [0.25, 0.3) is 0 Å². The van der Waals surface area contributed by atoms with E-state index in [1.54, 1.807) is 0 Å². The van der Waals surface area contributed by atoms with E-state index in [1.165, 1.54) is 0 Å². The zero-order valence-corrected chi connectivity index (χ0v) is 18.9. The minimum absolute atomic E-state index is 0.0270. The zero-order valence-electron chi connectivity index (χ0n) is 17.1. The number of rotatable bonds is 8. The van der Waals surface area contributed by atoms with Crippen LogP contribution in [0.15, 0.2) is 29.2 Å². The van der Waals surface area contributed by atoms with Gasteiger partial charge in [0.25, 0.3) is 0 Å². The van der Waals surface area contributed by atoms with Crippen molar-refractivity contribution in [1.82, 2.24) is 0 Å². The molecule has 0 fully saturated rings. The van der Waals surface area contributed by atoms with Gasteiger partial charge in [0.05, 0.1) is 16.9 Å². The third kappa shape index (κ3) is 6.63. The van der Waals surface area contributed by atoms with Gasteiger partial charge < -0.3 is 9.53 Å². The van der Waals surface area contributed by atoms with E-state index in [-0.39, 0.29) is 16.9 Å². The van der Waals surface area contributed by atoms with Crippen LogP contribution < -0.4 is 0 Å². The average Bonchev–Trinajstić information content (AvgIpc) is 2.51. The third-order valence-electron chi connectivity index (χ3n) is 5.38. The van der Waals surface area contributed by atoms with Crippen molar-refractivity contribution in [3.63, 3.8) is 0 Å². The van der Waals surface area contributed by atoms with Gasteiger partial charge >= 0.3 is 0 Å². The molecule has 1 unspecified atom stereocenters. The van der Waals surface area contributed by atoms with Crippen LogP contribution in [0.2, 0.25) is 18.1 Å². The molecule has 3 nitrogen and oxygen atoms in total. The monoisotopic (exact) mass is 384 g/mol. The van der Waals surface area contributed by atoms with Crippen molar-refractivity contribution >= 4 is 19.1 Å². The van der Waals surface area contributed by atoms with Crippen molar-refractivity contribution in [2.45, 2.75) is 70.7 Å². The van der Waals surface area contributed by atoms with E-state index < -0.39 is 25.2 Å². The highest BCUT2D eigenvalue weighted by Crippen LogP contribution is 2.37. The maximum Gasteiger partial charge on any atom is 0.191 e. The molecule has 0 aliphatic heterocycles. The second-order valence-electron chi connectivity index (χ2n) is 8.84. The standard InChI is InChI=1S/C20H36O3SSi/c1-15-9-11-18(12-10-15)24(22)14-17(3)19(21)16(2)13-23-25(7,8)20(4,5)6/h9-12,16-17,19,21H,13-14H2,1-8H3/t16-,17-,19+,24?/m0/s1. The molecule has 0 saturated carbocycles. The number of hydrogen-bond acceptors (Lipinski definition) is 3. The zero-order chi connectivity index (χ0) is 19.4. The summed E-state index contributed by atoms with van der Waals surface area (Å²) in [5.41, 5.74) is 1.16. The summed E-state index contributed by atoms with van der Waals surface area (Å²) in [5.74, 6) is 0.452. The number of benzene rings is 1. The molecule has 0 amide bonds. The Hall–Kier alpha value is -0.493. The van der Waals surface area contributed by atoms with E-state index in [2.05, 4.69) is 33.9 Å². The van der Waals surface area contributed by atoms with Crippen molar-refractivity contribution in [3.05, 3.63) is 29.8 Å². The molecule has 5 heteroatoms. The molecule has 0 saturated heterocycles. The number of aliphatic hydroxyl groups excluding tert-OH is 1. The maximum atomic E-state index is 12.5. The van der Waals surface area contributed by atoms with Crippen molar-refractivity contribution in [3.8, 4) is 0 Å². The minimum Gasteiger partial charge on any atom is -0.416 e. The molecule has 0 spiro atoms. The first-order valence-electron chi connectivity index (χ1n) is 9.12. The van der Waals surface area contributed by atoms with Crippen LogP contribution in [0.5, 0.6) is 0 Å². The molecule has 0 heterocycles. The molecule has 1 rings (SSSR count). The molecule has 1 aromatic rings. The molecule has 25 heavy (non-hydrogen) atoms. The summed E-state index contributed by atoms with van der Waals surface area (Å²) in [6, 6.07) is 7.77. The van der Waals surface area contributed by atoms with E-state index in [9.17, 15) is 9.32 Å². The molecular weight excluding hydrogens is 348 g/mol. The van der Waals surface area contributed by atoms with Crippen LogP contribution in [0, 0.1) is 18.8 Å². The molecule has 0 aromatic heterocycles. The average molecular weight is 385 g/mol. The van der Waals surface area contributed by atoms with Crippen molar-refractivity contribution in [2.24, 2.45) is 11.8 Å². The van der Waals surface area contributed by atoms with Gasteiger partial charge in [0.15, 0.2) is 8.32 Å². The Kier molecular flexibility index (Phi) is 8.06. The fourth-order valence-electron chi connectivity index (χ4n) is 2.34. The quantitative estimate of drug-likeness (QED) is 0.657.